The maximum atomic E-state index is 6.40. The lowest BCUT2D eigenvalue weighted by Crippen LogP contribution is -3.00. The van der Waals surface area contributed by atoms with E-state index in [1.54, 1.807) is 7.11 Å². The Bertz CT molecular complexity index is 657. The molecule has 26 heavy (non-hydrogen) atoms. The van der Waals surface area contributed by atoms with Gasteiger partial charge in [-0.3, -0.25) is 0 Å². The average molecular weight is 496 g/mol. The summed E-state index contributed by atoms with van der Waals surface area (Å²) in [5.74, 6) is 0. The lowest BCUT2D eigenvalue weighted by molar-refractivity contribution is -0.671. The monoisotopic (exact) mass is 495 g/mol. The zero-order valence-electron chi connectivity index (χ0n) is 15.4. The molecule has 0 saturated carbocycles. The molecular formula is C19H27ClINO4. The van der Waals surface area contributed by atoms with Gasteiger partial charge in [0.25, 0.3) is 5.15 Å². The third kappa shape index (κ3) is 7.62. The van der Waals surface area contributed by atoms with Gasteiger partial charge in [0.15, 0.2) is 6.54 Å². The van der Waals surface area contributed by atoms with Crippen molar-refractivity contribution in [2.75, 3.05) is 53.4 Å². The van der Waals surface area contributed by atoms with Crippen LogP contribution in [0.4, 0.5) is 0 Å². The smallest absolute Gasteiger partial charge is 0.275 e. The van der Waals surface area contributed by atoms with Crippen molar-refractivity contribution in [2.24, 2.45) is 0 Å². The number of benzene rings is 1. The van der Waals surface area contributed by atoms with Crippen LogP contribution in [-0.4, -0.2) is 53.4 Å². The van der Waals surface area contributed by atoms with Gasteiger partial charge < -0.3 is 42.9 Å². The van der Waals surface area contributed by atoms with Gasteiger partial charge in [0.05, 0.1) is 39.6 Å². The lowest BCUT2D eigenvalue weighted by atomic mass is 10.1. The summed E-state index contributed by atoms with van der Waals surface area (Å²) in [6, 6.07) is 10.3. The van der Waals surface area contributed by atoms with Crippen molar-refractivity contribution in [3.63, 3.8) is 0 Å². The quantitative estimate of drug-likeness (QED) is 0.177. The van der Waals surface area contributed by atoms with E-state index in [9.17, 15) is 0 Å². The second kappa shape index (κ2) is 13.6. The third-order valence-corrected chi connectivity index (χ3v) is 4.16. The highest BCUT2D eigenvalue weighted by molar-refractivity contribution is 6.28. The summed E-state index contributed by atoms with van der Waals surface area (Å²) in [5, 5.41) is 1.94. The largest absolute Gasteiger partial charge is 1.00 e. The Kier molecular flexibility index (Phi) is 12.3. The number of ether oxygens (including phenoxy) is 4. The number of aryl methyl sites for hydroxylation is 1. The van der Waals surface area contributed by atoms with Crippen LogP contribution in [-0.2, 0) is 25.5 Å². The Morgan fingerprint density at radius 1 is 0.885 bits per heavy atom. The van der Waals surface area contributed by atoms with Gasteiger partial charge in [0.1, 0.15) is 6.61 Å². The maximum Gasteiger partial charge on any atom is 0.275 e. The van der Waals surface area contributed by atoms with E-state index in [4.69, 9.17) is 30.5 Å². The minimum Gasteiger partial charge on any atom is -1.00 e. The number of hydrogen-bond donors (Lipinski definition) is 0. The van der Waals surface area contributed by atoms with E-state index >= 15 is 0 Å². The molecule has 1 aromatic carbocycles. The first-order valence-electron chi connectivity index (χ1n) is 8.54. The summed E-state index contributed by atoms with van der Waals surface area (Å²) in [5.41, 5.74) is 2.31. The van der Waals surface area contributed by atoms with Gasteiger partial charge in [0, 0.05) is 24.6 Å². The summed E-state index contributed by atoms with van der Waals surface area (Å²) in [7, 11) is 1.65. The molecule has 0 amide bonds. The van der Waals surface area contributed by atoms with Gasteiger partial charge in [-0.2, -0.15) is 4.57 Å². The molecule has 0 aliphatic heterocycles. The van der Waals surface area contributed by atoms with Gasteiger partial charge in [0.2, 0.25) is 5.52 Å². The van der Waals surface area contributed by atoms with Crippen molar-refractivity contribution in [1.29, 1.82) is 0 Å². The molecule has 0 saturated heterocycles. The molecule has 2 aromatic rings. The van der Waals surface area contributed by atoms with E-state index in [1.807, 2.05) is 18.2 Å². The number of hydrogen-bond acceptors (Lipinski definition) is 4. The third-order valence-electron chi connectivity index (χ3n) is 3.85. The van der Waals surface area contributed by atoms with Crippen LogP contribution in [0.15, 0.2) is 30.3 Å². The molecule has 0 N–H and O–H groups in total. The first kappa shape index (κ1) is 23.5. The van der Waals surface area contributed by atoms with Crippen LogP contribution in [0, 0.1) is 6.92 Å². The number of methoxy groups -OCH3 is 1. The molecule has 0 bridgehead atoms. The Morgan fingerprint density at radius 2 is 1.46 bits per heavy atom. The van der Waals surface area contributed by atoms with Crippen LogP contribution in [0.5, 0.6) is 0 Å². The molecule has 0 radical (unpaired) electrons. The number of fused-ring (bicyclic) bond motifs is 1. The molecule has 0 aliphatic rings. The van der Waals surface area contributed by atoms with Gasteiger partial charge in [-0.05, 0) is 30.2 Å². The fourth-order valence-electron chi connectivity index (χ4n) is 2.56. The second-order valence-corrected chi connectivity index (χ2v) is 6.04. The highest BCUT2D eigenvalue weighted by atomic mass is 127. The number of aromatic nitrogens is 1. The SMILES string of the molecule is COCCOCCOCCOCC[n+]1c(Cl)cc(C)c2ccccc21.[I-]. The minimum absolute atomic E-state index is 0. The van der Waals surface area contributed by atoms with Gasteiger partial charge >= 0.3 is 0 Å². The number of para-hydroxylation sites is 1. The molecule has 1 aromatic heterocycles. The van der Waals surface area contributed by atoms with Crippen LogP contribution in [0.3, 0.4) is 0 Å². The van der Waals surface area contributed by atoms with E-state index in [0.717, 1.165) is 10.7 Å². The lowest BCUT2D eigenvalue weighted by Gasteiger charge is -2.08. The molecule has 0 unspecified atom stereocenters. The molecule has 146 valence electrons. The van der Waals surface area contributed by atoms with Crippen LogP contribution in [0.25, 0.3) is 10.9 Å². The number of halogens is 2. The van der Waals surface area contributed by atoms with Crippen LogP contribution >= 0.6 is 11.6 Å². The number of nitrogens with zero attached hydrogens (tertiary/aromatic N) is 1. The minimum atomic E-state index is 0. The maximum absolute atomic E-state index is 6.40. The van der Waals surface area contributed by atoms with Crippen molar-refractivity contribution in [3.05, 3.63) is 41.0 Å². The second-order valence-electron chi connectivity index (χ2n) is 5.65. The first-order valence-corrected chi connectivity index (χ1v) is 8.91. The molecule has 1 heterocycles. The van der Waals surface area contributed by atoms with Crippen molar-refractivity contribution in [3.8, 4) is 0 Å². The van der Waals surface area contributed by atoms with Gasteiger partial charge in [-0.25, -0.2) is 0 Å². The van der Waals surface area contributed by atoms with Crippen molar-refractivity contribution in [2.45, 2.75) is 13.5 Å². The average Bonchev–Trinajstić information content (AvgIpc) is 2.62. The molecule has 0 aliphatic carbocycles. The predicted molar refractivity (Wildman–Crippen MR) is 98.2 cm³/mol. The summed E-state index contributed by atoms with van der Waals surface area (Å²) in [6.45, 7) is 6.83. The van der Waals surface area contributed by atoms with Gasteiger partial charge in [-0.1, -0.05) is 12.1 Å². The Labute approximate surface area is 177 Å². The number of pyridine rings is 1. The summed E-state index contributed by atoms with van der Waals surface area (Å²) < 4.78 is 23.4. The fourth-order valence-corrected chi connectivity index (χ4v) is 2.90. The zero-order chi connectivity index (χ0) is 17.9. The van der Waals surface area contributed by atoms with Crippen LogP contribution in [0.1, 0.15) is 5.56 Å². The van der Waals surface area contributed by atoms with Crippen LogP contribution in [0.2, 0.25) is 5.15 Å². The van der Waals surface area contributed by atoms with Crippen molar-refractivity contribution >= 4 is 22.5 Å². The first-order chi connectivity index (χ1) is 12.2. The summed E-state index contributed by atoms with van der Waals surface area (Å²) in [4.78, 5) is 0. The van der Waals surface area contributed by atoms with Crippen molar-refractivity contribution in [1.82, 2.24) is 0 Å². The van der Waals surface area contributed by atoms with E-state index < -0.39 is 0 Å². The standard InChI is InChI=1S/C19H27ClNO4.HI/c1-16-15-19(20)21(18-6-4-3-5-17(16)18)7-8-23-11-12-25-14-13-24-10-9-22-2;/h3-6,15H,7-14H2,1-2H3;1H/q+1;/p-1. The van der Waals surface area contributed by atoms with Crippen LogP contribution < -0.4 is 28.5 Å². The molecule has 2 rings (SSSR count). The van der Waals surface area contributed by atoms with E-state index in [0.29, 0.717) is 52.8 Å². The normalized spacial score (nSPS) is 10.9. The van der Waals surface area contributed by atoms with Gasteiger partial charge in [-0.15, -0.1) is 0 Å². The fraction of sp³-hybridized carbons (Fsp3) is 0.526. The molecular weight excluding hydrogens is 469 g/mol. The van der Waals surface area contributed by atoms with Crippen molar-refractivity contribution < 1.29 is 47.5 Å². The molecule has 7 heteroatoms. The van der Waals surface area contributed by atoms with E-state index in [2.05, 4.69) is 23.6 Å². The molecule has 0 atom stereocenters. The topological polar surface area (TPSA) is 40.8 Å². The Morgan fingerprint density at radius 3 is 2.12 bits per heavy atom. The van der Waals surface area contributed by atoms with E-state index in [1.165, 1.54) is 10.9 Å². The predicted octanol–water partition coefficient (Wildman–Crippen LogP) is -0.211. The summed E-state index contributed by atoms with van der Waals surface area (Å²) in [6.07, 6.45) is 0. The molecule has 0 spiro atoms. The Hall–Kier alpha value is -0.510. The molecule has 5 nitrogen and oxygen atoms in total. The Balaban J connectivity index is 0.00000338. The molecule has 0 fully saturated rings. The van der Waals surface area contributed by atoms with E-state index in [-0.39, 0.29) is 24.0 Å². The highest BCUT2D eigenvalue weighted by Gasteiger charge is 2.15. The highest BCUT2D eigenvalue weighted by Crippen LogP contribution is 2.18. The summed E-state index contributed by atoms with van der Waals surface area (Å²) >= 11 is 6.40. The zero-order valence-corrected chi connectivity index (χ0v) is 18.3. The number of rotatable bonds is 12.